The molecule has 0 aliphatic carbocycles. The molecular formula is C13H16N2O3S2. The smallest absolute Gasteiger partial charge is 0.240 e. The van der Waals surface area contributed by atoms with E-state index in [1.165, 1.54) is 11.8 Å². The van der Waals surface area contributed by atoms with Crippen LogP contribution in [0, 0.1) is 13.8 Å². The van der Waals surface area contributed by atoms with Crippen LogP contribution in [0.3, 0.4) is 0 Å². The highest BCUT2D eigenvalue weighted by Crippen LogP contribution is 2.20. The molecule has 0 bridgehead atoms. The molecule has 0 radical (unpaired) electrons. The maximum Gasteiger partial charge on any atom is 0.240 e. The summed E-state index contributed by atoms with van der Waals surface area (Å²) in [5.41, 5.74) is 2.62. The maximum atomic E-state index is 12.0. The quantitative estimate of drug-likeness (QED) is 0.923. The van der Waals surface area contributed by atoms with Gasteiger partial charge in [0.1, 0.15) is 5.75 Å². The Balaban J connectivity index is 2.08. The van der Waals surface area contributed by atoms with E-state index in [9.17, 15) is 13.2 Å². The molecule has 108 valence electrons. The molecular weight excluding hydrogens is 296 g/mol. The van der Waals surface area contributed by atoms with Gasteiger partial charge in [-0.25, -0.2) is 8.42 Å². The molecule has 1 aromatic carbocycles. The minimum Gasteiger partial charge on any atom is -0.325 e. The Bertz CT molecular complexity index is 666. The molecule has 1 amide bonds. The normalized spacial score (nSPS) is 15.0. The SMILES string of the molecule is Cc1cccc(NC(=O)CS(=O)(=O)C2=NCCS2)c1C. The number of benzene rings is 1. The first-order chi connectivity index (χ1) is 9.40. The first kappa shape index (κ1) is 15.1. The topological polar surface area (TPSA) is 75.6 Å². The van der Waals surface area contributed by atoms with Crippen molar-refractivity contribution in [1.29, 1.82) is 0 Å². The molecule has 1 N–H and O–H groups in total. The van der Waals surface area contributed by atoms with Gasteiger partial charge in [-0.15, -0.1) is 0 Å². The summed E-state index contributed by atoms with van der Waals surface area (Å²) in [6, 6.07) is 5.52. The summed E-state index contributed by atoms with van der Waals surface area (Å²) >= 11 is 1.19. The van der Waals surface area contributed by atoms with E-state index in [1.807, 2.05) is 26.0 Å². The summed E-state index contributed by atoms with van der Waals surface area (Å²) in [5.74, 6) is -0.437. The standard InChI is InChI=1S/C13H16N2O3S2/c1-9-4-3-5-11(10(9)2)15-12(16)8-20(17,18)13-14-6-7-19-13/h3-5H,6-8H2,1-2H3,(H,15,16). The van der Waals surface area contributed by atoms with E-state index in [-0.39, 0.29) is 4.38 Å². The van der Waals surface area contributed by atoms with Crippen molar-refractivity contribution in [3.8, 4) is 0 Å². The van der Waals surface area contributed by atoms with Crippen molar-refractivity contribution in [3.05, 3.63) is 29.3 Å². The summed E-state index contributed by atoms with van der Waals surface area (Å²) in [6.45, 7) is 4.32. The predicted octanol–water partition coefficient (Wildman–Crippen LogP) is 1.76. The number of hydrogen-bond donors (Lipinski definition) is 1. The van der Waals surface area contributed by atoms with Gasteiger partial charge in [0.05, 0.1) is 6.54 Å². The Kier molecular flexibility index (Phi) is 4.49. The molecule has 5 nitrogen and oxygen atoms in total. The molecule has 1 heterocycles. The lowest BCUT2D eigenvalue weighted by Gasteiger charge is -2.10. The van der Waals surface area contributed by atoms with E-state index in [0.29, 0.717) is 18.0 Å². The second kappa shape index (κ2) is 5.97. The predicted molar refractivity (Wildman–Crippen MR) is 83.1 cm³/mol. The lowest BCUT2D eigenvalue weighted by molar-refractivity contribution is -0.113. The van der Waals surface area contributed by atoms with Gasteiger partial charge >= 0.3 is 0 Å². The number of carbonyl (C=O) groups is 1. The van der Waals surface area contributed by atoms with Gasteiger partial charge in [-0.05, 0) is 31.0 Å². The summed E-state index contributed by atoms with van der Waals surface area (Å²) in [4.78, 5) is 15.8. The zero-order valence-electron chi connectivity index (χ0n) is 11.3. The molecule has 0 fully saturated rings. The third-order valence-electron chi connectivity index (χ3n) is 3.02. The Morgan fingerprint density at radius 1 is 1.40 bits per heavy atom. The molecule has 1 aliphatic rings. The van der Waals surface area contributed by atoms with E-state index in [1.54, 1.807) is 6.07 Å². The van der Waals surface area contributed by atoms with Crippen LogP contribution in [0.25, 0.3) is 0 Å². The van der Waals surface area contributed by atoms with Crippen LogP contribution in [0.15, 0.2) is 23.2 Å². The van der Waals surface area contributed by atoms with Crippen LogP contribution in [0.4, 0.5) is 5.69 Å². The summed E-state index contributed by atoms with van der Waals surface area (Å²) < 4.78 is 24.0. The molecule has 0 aromatic heterocycles. The monoisotopic (exact) mass is 312 g/mol. The van der Waals surface area contributed by atoms with E-state index >= 15 is 0 Å². The highest BCUT2D eigenvalue weighted by atomic mass is 32.3. The lowest BCUT2D eigenvalue weighted by Crippen LogP contribution is -2.26. The Labute approximate surface area is 122 Å². The number of thioether (sulfide) groups is 1. The van der Waals surface area contributed by atoms with Crippen molar-refractivity contribution >= 4 is 37.6 Å². The second-order valence-corrected chi connectivity index (χ2v) is 7.80. The van der Waals surface area contributed by atoms with E-state index in [4.69, 9.17) is 0 Å². The Morgan fingerprint density at radius 2 is 2.15 bits per heavy atom. The lowest BCUT2D eigenvalue weighted by atomic mass is 10.1. The molecule has 1 aromatic rings. The van der Waals surface area contributed by atoms with Crippen molar-refractivity contribution in [2.75, 3.05) is 23.4 Å². The number of hydrogen-bond acceptors (Lipinski definition) is 5. The van der Waals surface area contributed by atoms with Gasteiger partial charge in [-0.1, -0.05) is 23.9 Å². The van der Waals surface area contributed by atoms with Crippen LogP contribution in [0.2, 0.25) is 0 Å². The zero-order chi connectivity index (χ0) is 14.8. The highest BCUT2D eigenvalue weighted by molar-refractivity contribution is 8.35. The van der Waals surface area contributed by atoms with Crippen LogP contribution in [-0.4, -0.2) is 36.8 Å². The molecule has 20 heavy (non-hydrogen) atoms. The molecule has 0 saturated carbocycles. The first-order valence-corrected chi connectivity index (χ1v) is 8.80. The number of sulfone groups is 1. The van der Waals surface area contributed by atoms with Crippen LogP contribution < -0.4 is 5.32 Å². The van der Waals surface area contributed by atoms with Crippen molar-refractivity contribution in [3.63, 3.8) is 0 Å². The van der Waals surface area contributed by atoms with E-state index in [0.717, 1.165) is 11.1 Å². The molecule has 1 aliphatic heterocycles. The summed E-state index contributed by atoms with van der Waals surface area (Å²) in [7, 11) is -3.60. The van der Waals surface area contributed by atoms with E-state index in [2.05, 4.69) is 10.3 Å². The molecule has 2 rings (SSSR count). The number of nitrogens with one attached hydrogen (secondary N) is 1. The Hall–Kier alpha value is -1.34. The summed E-state index contributed by atoms with van der Waals surface area (Å²) in [5, 5.41) is 2.65. The molecule has 0 saturated heterocycles. The first-order valence-electron chi connectivity index (χ1n) is 6.16. The van der Waals surface area contributed by atoms with Gasteiger partial charge in [-0.3, -0.25) is 9.79 Å². The number of anilines is 1. The third kappa shape index (κ3) is 3.40. The van der Waals surface area contributed by atoms with Gasteiger partial charge < -0.3 is 5.32 Å². The number of amides is 1. The minimum atomic E-state index is -3.60. The van der Waals surface area contributed by atoms with Crippen LogP contribution in [0.1, 0.15) is 11.1 Å². The highest BCUT2D eigenvalue weighted by Gasteiger charge is 2.26. The van der Waals surface area contributed by atoms with Gasteiger partial charge in [0.15, 0.2) is 4.38 Å². The average molecular weight is 312 g/mol. The number of aliphatic imine (C=N–C) groups is 1. The van der Waals surface area contributed by atoms with Gasteiger partial charge in [0, 0.05) is 11.4 Å². The molecule has 7 heteroatoms. The fraction of sp³-hybridized carbons (Fsp3) is 0.385. The number of aryl methyl sites for hydroxylation is 1. The third-order valence-corrected chi connectivity index (χ3v) is 6.21. The average Bonchev–Trinajstić information content (AvgIpc) is 2.89. The minimum absolute atomic E-state index is 0.0774. The maximum absolute atomic E-state index is 12.0. The van der Waals surface area contributed by atoms with Gasteiger partial charge in [0.25, 0.3) is 0 Å². The number of nitrogens with zero attached hydrogens (tertiary/aromatic N) is 1. The number of rotatable bonds is 3. The molecule has 0 unspecified atom stereocenters. The van der Waals surface area contributed by atoms with Crippen molar-refractivity contribution < 1.29 is 13.2 Å². The zero-order valence-corrected chi connectivity index (χ0v) is 13.0. The fourth-order valence-electron chi connectivity index (χ4n) is 1.81. The number of carbonyl (C=O) groups excluding carboxylic acids is 1. The van der Waals surface area contributed by atoms with Gasteiger partial charge in [0.2, 0.25) is 15.7 Å². The van der Waals surface area contributed by atoms with Crippen molar-refractivity contribution in [2.45, 2.75) is 13.8 Å². The largest absolute Gasteiger partial charge is 0.325 e. The van der Waals surface area contributed by atoms with Crippen molar-refractivity contribution in [1.82, 2.24) is 0 Å². The molecule has 0 spiro atoms. The summed E-state index contributed by atoms with van der Waals surface area (Å²) in [6.07, 6.45) is 0. The second-order valence-electron chi connectivity index (χ2n) is 4.55. The van der Waals surface area contributed by atoms with Gasteiger partial charge in [-0.2, -0.15) is 0 Å². The fourth-order valence-corrected chi connectivity index (χ4v) is 4.32. The molecule has 0 atom stereocenters. The Morgan fingerprint density at radius 3 is 2.80 bits per heavy atom. The van der Waals surface area contributed by atoms with Crippen LogP contribution >= 0.6 is 11.8 Å². The van der Waals surface area contributed by atoms with Crippen LogP contribution in [0.5, 0.6) is 0 Å². The van der Waals surface area contributed by atoms with E-state index < -0.39 is 21.5 Å². The van der Waals surface area contributed by atoms with Crippen LogP contribution in [-0.2, 0) is 14.6 Å². The van der Waals surface area contributed by atoms with Crippen molar-refractivity contribution in [2.24, 2.45) is 4.99 Å².